The normalized spacial score (nSPS) is 10.5. The summed E-state index contributed by atoms with van der Waals surface area (Å²) in [6, 6.07) is 22.5. The molecule has 0 aliphatic rings. The number of methoxy groups -OCH3 is 1. The molecule has 0 aliphatic heterocycles. The smallest absolute Gasteiger partial charge is 0.276 e. The van der Waals surface area contributed by atoms with Gasteiger partial charge in [0.25, 0.3) is 11.5 Å². The van der Waals surface area contributed by atoms with Crippen molar-refractivity contribution in [2.24, 2.45) is 0 Å². The fourth-order valence-corrected chi connectivity index (χ4v) is 3.21. The molecule has 2 amide bonds. The van der Waals surface area contributed by atoms with Gasteiger partial charge in [-0.1, -0.05) is 36.4 Å². The summed E-state index contributed by atoms with van der Waals surface area (Å²) in [6.45, 7) is -0.328. The highest BCUT2D eigenvalue weighted by atomic mass is 16.5. The summed E-state index contributed by atoms with van der Waals surface area (Å²) in [5, 5.41) is 11.4. The van der Waals surface area contributed by atoms with Gasteiger partial charge in [0, 0.05) is 22.8 Å². The second-order valence-electron chi connectivity index (χ2n) is 6.97. The summed E-state index contributed by atoms with van der Waals surface area (Å²) in [4.78, 5) is 37.3. The van der Waals surface area contributed by atoms with Gasteiger partial charge in [0.1, 0.15) is 18.0 Å². The highest BCUT2D eigenvalue weighted by Crippen LogP contribution is 2.22. The molecule has 1 heterocycles. The zero-order valence-electron chi connectivity index (χ0n) is 17.2. The van der Waals surface area contributed by atoms with Crippen molar-refractivity contribution in [2.45, 2.75) is 6.54 Å². The van der Waals surface area contributed by atoms with E-state index in [-0.39, 0.29) is 12.2 Å². The molecular formula is C24H20N4O4. The summed E-state index contributed by atoms with van der Waals surface area (Å²) < 4.78 is 6.05. The van der Waals surface area contributed by atoms with Crippen molar-refractivity contribution in [2.75, 3.05) is 17.7 Å². The first-order valence-corrected chi connectivity index (χ1v) is 9.85. The van der Waals surface area contributed by atoms with Crippen LogP contribution in [0.3, 0.4) is 0 Å². The van der Waals surface area contributed by atoms with Gasteiger partial charge in [-0.05, 0) is 41.8 Å². The van der Waals surface area contributed by atoms with Gasteiger partial charge in [-0.25, -0.2) is 4.68 Å². The number of anilines is 2. The number of rotatable bonds is 6. The number of hydrogen-bond donors (Lipinski definition) is 2. The number of carbonyl (C=O) groups excluding carboxylic acids is 2. The van der Waals surface area contributed by atoms with Crippen LogP contribution in [0.15, 0.2) is 83.7 Å². The molecule has 160 valence electrons. The van der Waals surface area contributed by atoms with E-state index in [2.05, 4.69) is 15.7 Å². The molecule has 0 saturated heterocycles. The molecule has 0 saturated carbocycles. The van der Waals surface area contributed by atoms with Gasteiger partial charge >= 0.3 is 0 Å². The van der Waals surface area contributed by atoms with Crippen LogP contribution in [-0.4, -0.2) is 28.7 Å². The Morgan fingerprint density at radius 1 is 0.906 bits per heavy atom. The van der Waals surface area contributed by atoms with E-state index in [1.807, 2.05) is 36.4 Å². The van der Waals surface area contributed by atoms with E-state index in [1.165, 1.54) is 12.1 Å². The van der Waals surface area contributed by atoms with Gasteiger partial charge in [-0.15, -0.1) is 0 Å². The molecule has 32 heavy (non-hydrogen) atoms. The van der Waals surface area contributed by atoms with Gasteiger partial charge in [0.05, 0.1) is 7.11 Å². The average molecular weight is 428 g/mol. The summed E-state index contributed by atoms with van der Waals surface area (Å²) in [6.07, 6.45) is 0. The minimum absolute atomic E-state index is 0.0124. The van der Waals surface area contributed by atoms with E-state index < -0.39 is 17.4 Å². The average Bonchev–Trinajstić information content (AvgIpc) is 2.81. The topological polar surface area (TPSA) is 102 Å². The quantitative estimate of drug-likeness (QED) is 0.491. The van der Waals surface area contributed by atoms with Gasteiger partial charge in [0.15, 0.2) is 0 Å². The van der Waals surface area contributed by atoms with E-state index in [0.29, 0.717) is 17.1 Å². The molecule has 0 aliphatic carbocycles. The number of amides is 2. The molecule has 3 aromatic carbocycles. The second-order valence-corrected chi connectivity index (χ2v) is 6.97. The molecule has 1 aromatic heterocycles. The van der Waals surface area contributed by atoms with Crippen molar-refractivity contribution in [1.82, 2.24) is 9.78 Å². The number of hydrogen-bond acceptors (Lipinski definition) is 5. The Bertz CT molecular complexity index is 1340. The molecule has 4 rings (SSSR count). The molecule has 0 atom stereocenters. The predicted molar refractivity (Wildman–Crippen MR) is 122 cm³/mol. The van der Waals surface area contributed by atoms with Crippen molar-refractivity contribution >= 4 is 34.0 Å². The van der Waals surface area contributed by atoms with E-state index in [1.54, 1.807) is 37.4 Å². The van der Waals surface area contributed by atoms with Crippen molar-refractivity contribution in [3.63, 3.8) is 0 Å². The monoisotopic (exact) mass is 428 g/mol. The Morgan fingerprint density at radius 2 is 1.66 bits per heavy atom. The number of benzene rings is 3. The van der Waals surface area contributed by atoms with Crippen molar-refractivity contribution in [3.05, 3.63) is 94.9 Å². The highest BCUT2D eigenvalue weighted by molar-refractivity contribution is 6.03. The van der Waals surface area contributed by atoms with Crippen molar-refractivity contribution in [3.8, 4) is 5.75 Å². The van der Waals surface area contributed by atoms with Crippen molar-refractivity contribution < 1.29 is 14.3 Å². The molecule has 0 fully saturated rings. The number of fused-ring (bicyclic) bond motifs is 1. The van der Waals surface area contributed by atoms with Crippen LogP contribution in [0, 0.1) is 0 Å². The fourth-order valence-electron chi connectivity index (χ4n) is 3.21. The van der Waals surface area contributed by atoms with Crippen LogP contribution < -0.4 is 20.9 Å². The Balaban J connectivity index is 1.49. The molecule has 0 unspecified atom stereocenters. The zero-order chi connectivity index (χ0) is 22.5. The number of nitrogens with zero attached hydrogens (tertiary/aromatic N) is 2. The summed E-state index contributed by atoms with van der Waals surface area (Å²) >= 11 is 0. The summed E-state index contributed by atoms with van der Waals surface area (Å²) in [7, 11) is 1.55. The van der Waals surface area contributed by atoms with Crippen LogP contribution in [0.5, 0.6) is 5.75 Å². The lowest BCUT2D eigenvalue weighted by atomic mass is 10.1. The first kappa shape index (κ1) is 20.8. The minimum Gasteiger partial charge on any atom is -0.497 e. The van der Waals surface area contributed by atoms with E-state index in [9.17, 15) is 14.4 Å². The van der Waals surface area contributed by atoms with Gasteiger partial charge < -0.3 is 15.4 Å². The third-order valence-corrected chi connectivity index (χ3v) is 4.80. The molecular weight excluding hydrogens is 408 g/mol. The SMILES string of the molecule is COc1ccc(NC(=O)c2ccc(=O)n(CC(=O)Nc3cccc4ccccc34)n2)cc1. The van der Waals surface area contributed by atoms with Crippen LogP contribution in [0.1, 0.15) is 10.5 Å². The molecule has 0 radical (unpaired) electrons. The Labute approximate surface area is 183 Å². The number of carbonyl (C=O) groups is 2. The zero-order valence-corrected chi connectivity index (χ0v) is 17.2. The highest BCUT2D eigenvalue weighted by Gasteiger charge is 2.13. The molecule has 4 aromatic rings. The van der Waals surface area contributed by atoms with Crippen LogP contribution in [0.4, 0.5) is 11.4 Å². The van der Waals surface area contributed by atoms with Crippen LogP contribution in [0.2, 0.25) is 0 Å². The lowest BCUT2D eigenvalue weighted by molar-refractivity contribution is -0.117. The van der Waals surface area contributed by atoms with Crippen LogP contribution in [-0.2, 0) is 11.3 Å². The standard InChI is InChI=1S/C24H20N4O4/c1-32-18-11-9-17(10-12-18)25-24(31)21-13-14-23(30)28(27-21)15-22(29)26-20-8-4-6-16-5-2-3-7-19(16)20/h2-14H,15H2,1H3,(H,25,31)(H,26,29). The maximum Gasteiger partial charge on any atom is 0.276 e. The van der Waals surface area contributed by atoms with Crippen LogP contribution >= 0.6 is 0 Å². The third-order valence-electron chi connectivity index (χ3n) is 4.80. The summed E-state index contributed by atoms with van der Waals surface area (Å²) in [5.41, 5.74) is 0.705. The van der Waals surface area contributed by atoms with E-state index >= 15 is 0 Å². The first-order valence-electron chi connectivity index (χ1n) is 9.85. The molecule has 0 spiro atoms. The number of ether oxygens (including phenoxy) is 1. The predicted octanol–water partition coefficient (Wildman–Crippen LogP) is 3.30. The minimum atomic E-state index is -0.502. The lowest BCUT2D eigenvalue weighted by Gasteiger charge is -2.10. The van der Waals surface area contributed by atoms with E-state index in [0.717, 1.165) is 15.5 Å². The molecule has 8 heteroatoms. The molecule has 2 N–H and O–H groups in total. The van der Waals surface area contributed by atoms with Crippen LogP contribution in [0.25, 0.3) is 10.8 Å². The fraction of sp³-hybridized carbons (Fsp3) is 0.0833. The van der Waals surface area contributed by atoms with Gasteiger partial charge in [-0.2, -0.15) is 5.10 Å². The van der Waals surface area contributed by atoms with Gasteiger partial charge in [0.2, 0.25) is 5.91 Å². The second kappa shape index (κ2) is 9.13. The lowest BCUT2D eigenvalue weighted by Crippen LogP contribution is -2.31. The number of nitrogens with one attached hydrogen (secondary N) is 2. The first-order chi connectivity index (χ1) is 15.5. The van der Waals surface area contributed by atoms with Crippen molar-refractivity contribution in [1.29, 1.82) is 0 Å². The Morgan fingerprint density at radius 3 is 2.44 bits per heavy atom. The van der Waals surface area contributed by atoms with Gasteiger partial charge in [-0.3, -0.25) is 14.4 Å². The Hall–Kier alpha value is -4.46. The molecule has 0 bridgehead atoms. The maximum atomic E-state index is 12.6. The third kappa shape index (κ3) is 4.65. The maximum absolute atomic E-state index is 12.6. The molecule has 8 nitrogen and oxygen atoms in total. The Kier molecular flexibility index (Phi) is 5.94. The largest absolute Gasteiger partial charge is 0.497 e. The van der Waals surface area contributed by atoms with E-state index in [4.69, 9.17) is 4.74 Å². The number of aromatic nitrogens is 2. The summed E-state index contributed by atoms with van der Waals surface area (Å²) in [5.74, 6) is -0.270.